The molecule has 2 aromatic carbocycles. The van der Waals surface area contributed by atoms with E-state index >= 15 is 0 Å². The Kier molecular flexibility index (Phi) is 6.54. The van der Waals surface area contributed by atoms with Gasteiger partial charge in [0.1, 0.15) is 11.6 Å². The summed E-state index contributed by atoms with van der Waals surface area (Å²) in [6.45, 7) is 5.21. The summed E-state index contributed by atoms with van der Waals surface area (Å²) in [6, 6.07) is 11.6. The molecule has 12 heteroatoms. The number of rotatable bonds is 6. The zero-order chi connectivity index (χ0) is 27.3. The van der Waals surface area contributed by atoms with Crippen molar-refractivity contribution in [2.75, 3.05) is 11.5 Å². The Morgan fingerprint density at radius 3 is 2.45 bits per heavy atom. The number of nitrogens with zero attached hydrogens (tertiary/aromatic N) is 4. The highest BCUT2D eigenvalue weighted by Gasteiger charge is 2.58. The van der Waals surface area contributed by atoms with E-state index in [2.05, 4.69) is 10.3 Å². The van der Waals surface area contributed by atoms with Crippen molar-refractivity contribution in [3.05, 3.63) is 75.0 Å². The molecule has 0 aliphatic carbocycles. The molecule has 2 atom stereocenters. The number of ketones is 1. The van der Waals surface area contributed by atoms with Crippen LogP contribution in [0.25, 0.3) is 5.69 Å². The molecule has 2 aliphatic rings. The molecule has 10 nitrogen and oxygen atoms in total. The van der Waals surface area contributed by atoms with Crippen LogP contribution in [0.2, 0.25) is 10.0 Å². The van der Waals surface area contributed by atoms with Crippen molar-refractivity contribution >= 4 is 58.2 Å². The van der Waals surface area contributed by atoms with Crippen LogP contribution in [0.3, 0.4) is 0 Å². The Balaban J connectivity index is 1.56. The molecule has 0 saturated carbocycles. The van der Waals surface area contributed by atoms with Crippen LogP contribution in [0.15, 0.2) is 47.6 Å². The van der Waals surface area contributed by atoms with Crippen LogP contribution < -0.4 is 4.90 Å². The molecule has 3 aromatic rings. The predicted octanol–water partition coefficient (Wildman–Crippen LogP) is 4.10. The second-order valence-electron chi connectivity index (χ2n) is 8.69. The molecule has 0 N–H and O–H groups in total. The summed E-state index contributed by atoms with van der Waals surface area (Å²) in [7, 11) is 0. The predicted molar refractivity (Wildman–Crippen MR) is 138 cm³/mol. The van der Waals surface area contributed by atoms with Gasteiger partial charge in [-0.05, 0) is 51.1 Å². The van der Waals surface area contributed by atoms with Crippen molar-refractivity contribution in [3.8, 4) is 5.69 Å². The number of hydrogen-bond donors (Lipinski definition) is 0. The smallest absolute Gasteiger partial charge is 0.359 e. The van der Waals surface area contributed by atoms with Crippen LogP contribution in [0.5, 0.6) is 0 Å². The van der Waals surface area contributed by atoms with Gasteiger partial charge in [0.15, 0.2) is 5.69 Å². The third-order valence-electron chi connectivity index (χ3n) is 6.28. The number of carbonyl (C=O) groups is 4. The summed E-state index contributed by atoms with van der Waals surface area (Å²) >= 11 is 12.3. The van der Waals surface area contributed by atoms with E-state index < -0.39 is 35.6 Å². The quantitative estimate of drug-likeness (QED) is 0.255. The third kappa shape index (κ3) is 4.06. The van der Waals surface area contributed by atoms with Gasteiger partial charge in [0.05, 0.1) is 34.3 Å². The SMILES string of the molecule is CCOC(=O)c1nn(-c2ccc(C)cc2)c(C)c1C(=O)C1=NO[C@@H]2C(=O)N(c3cc(Cl)ccc3Cl)C(=O)[C@@H]12. The van der Waals surface area contributed by atoms with Gasteiger partial charge in [0.2, 0.25) is 17.8 Å². The first-order valence-corrected chi connectivity index (χ1v) is 12.3. The Morgan fingerprint density at radius 1 is 1.05 bits per heavy atom. The average molecular weight is 555 g/mol. The number of halogens is 2. The molecular weight excluding hydrogens is 535 g/mol. The number of amides is 2. The zero-order valence-electron chi connectivity index (χ0n) is 20.4. The number of Topliss-reactive ketones (excluding diaryl/α,β-unsaturated/α-hetero) is 1. The van der Waals surface area contributed by atoms with E-state index in [1.165, 1.54) is 22.9 Å². The van der Waals surface area contributed by atoms with E-state index in [-0.39, 0.29) is 39.3 Å². The van der Waals surface area contributed by atoms with E-state index in [1.54, 1.807) is 26.0 Å². The summed E-state index contributed by atoms with van der Waals surface area (Å²) < 4.78 is 6.57. The summed E-state index contributed by atoms with van der Waals surface area (Å²) in [5.41, 5.74) is 1.33. The number of aryl methyl sites for hydroxylation is 1. The molecule has 2 amide bonds. The van der Waals surface area contributed by atoms with Gasteiger partial charge < -0.3 is 9.57 Å². The Labute approximate surface area is 226 Å². The van der Waals surface area contributed by atoms with Crippen LogP contribution in [0.1, 0.15) is 39.0 Å². The molecule has 38 heavy (non-hydrogen) atoms. The first-order chi connectivity index (χ1) is 18.1. The fourth-order valence-corrected chi connectivity index (χ4v) is 4.81. The van der Waals surface area contributed by atoms with Gasteiger partial charge in [0, 0.05) is 5.02 Å². The zero-order valence-corrected chi connectivity index (χ0v) is 21.9. The number of fused-ring (bicyclic) bond motifs is 1. The van der Waals surface area contributed by atoms with Crippen LogP contribution in [0, 0.1) is 19.8 Å². The summed E-state index contributed by atoms with van der Waals surface area (Å²) in [5.74, 6) is -4.44. The van der Waals surface area contributed by atoms with Gasteiger partial charge in [-0.25, -0.2) is 14.4 Å². The second-order valence-corrected chi connectivity index (χ2v) is 9.54. The number of benzene rings is 2. The first-order valence-electron chi connectivity index (χ1n) is 11.6. The minimum atomic E-state index is -1.37. The maximum Gasteiger partial charge on any atom is 0.359 e. The van der Waals surface area contributed by atoms with Crippen molar-refractivity contribution in [3.63, 3.8) is 0 Å². The normalized spacial score (nSPS) is 18.3. The van der Waals surface area contributed by atoms with E-state index in [0.29, 0.717) is 11.4 Å². The highest BCUT2D eigenvalue weighted by atomic mass is 35.5. The third-order valence-corrected chi connectivity index (χ3v) is 6.84. The first kappa shape index (κ1) is 25.6. The average Bonchev–Trinajstić information content (AvgIpc) is 3.54. The molecular formula is C26H20Cl2N4O6. The molecule has 0 radical (unpaired) electrons. The van der Waals surface area contributed by atoms with Crippen LogP contribution >= 0.6 is 23.2 Å². The second kappa shape index (κ2) is 9.70. The fourth-order valence-electron chi connectivity index (χ4n) is 4.44. The van der Waals surface area contributed by atoms with Crippen LogP contribution in [-0.4, -0.2) is 51.8 Å². The fraction of sp³-hybridized carbons (Fsp3) is 0.231. The number of anilines is 1. The standard InChI is InChI=1S/C26H20Cl2N4O6/c1-4-37-26(36)21-18(13(3)32(29-21)15-8-5-12(2)6-9-15)22(33)20-19-23(38-30-20)25(35)31(24(19)34)17-11-14(27)7-10-16(17)28/h5-11,19,23H,4H2,1-3H3/t19-,23-/m0/s1. The molecule has 1 fully saturated rings. The molecule has 3 heterocycles. The number of carbonyl (C=O) groups excluding carboxylic acids is 4. The minimum Gasteiger partial charge on any atom is -0.461 e. The van der Waals surface area contributed by atoms with Gasteiger partial charge in [-0.2, -0.15) is 5.10 Å². The highest BCUT2D eigenvalue weighted by Crippen LogP contribution is 2.38. The summed E-state index contributed by atoms with van der Waals surface area (Å²) in [6.07, 6.45) is -1.37. The highest BCUT2D eigenvalue weighted by molar-refractivity contribution is 6.53. The van der Waals surface area contributed by atoms with Gasteiger partial charge in [-0.15, -0.1) is 0 Å². The molecule has 0 spiro atoms. The Morgan fingerprint density at radius 2 is 1.76 bits per heavy atom. The van der Waals surface area contributed by atoms with Crippen molar-refractivity contribution in [1.82, 2.24) is 9.78 Å². The summed E-state index contributed by atoms with van der Waals surface area (Å²) in [5, 5.41) is 8.52. The van der Waals surface area contributed by atoms with E-state index in [4.69, 9.17) is 32.8 Å². The maximum atomic E-state index is 13.9. The van der Waals surface area contributed by atoms with Crippen molar-refractivity contribution in [2.24, 2.45) is 11.1 Å². The van der Waals surface area contributed by atoms with Crippen molar-refractivity contribution < 1.29 is 28.8 Å². The lowest BCUT2D eigenvalue weighted by Gasteiger charge is -2.17. The van der Waals surface area contributed by atoms with Gasteiger partial charge in [-0.1, -0.05) is 46.1 Å². The van der Waals surface area contributed by atoms with Crippen LogP contribution in [0.4, 0.5) is 5.69 Å². The lowest BCUT2D eigenvalue weighted by molar-refractivity contribution is -0.126. The van der Waals surface area contributed by atoms with Gasteiger partial charge >= 0.3 is 5.97 Å². The molecule has 1 saturated heterocycles. The maximum absolute atomic E-state index is 13.9. The molecule has 194 valence electrons. The monoisotopic (exact) mass is 554 g/mol. The lowest BCUT2D eigenvalue weighted by Crippen LogP contribution is -2.35. The number of oxime groups is 1. The number of aromatic nitrogens is 2. The minimum absolute atomic E-state index is 0.0556. The number of imide groups is 1. The van der Waals surface area contributed by atoms with Gasteiger partial charge in [-0.3, -0.25) is 14.4 Å². The number of ether oxygens (including phenoxy) is 1. The molecule has 1 aromatic heterocycles. The van der Waals surface area contributed by atoms with Crippen molar-refractivity contribution in [1.29, 1.82) is 0 Å². The number of hydrogen-bond acceptors (Lipinski definition) is 8. The topological polar surface area (TPSA) is 120 Å². The summed E-state index contributed by atoms with van der Waals surface area (Å²) in [4.78, 5) is 59.3. The van der Waals surface area contributed by atoms with E-state index in [0.717, 1.165) is 10.5 Å². The van der Waals surface area contributed by atoms with Crippen LogP contribution in [-0.2, 0) is 19.2 Å². The largest absolute Gasteiger partial charge is 0.461 e. The molecule has 0 unspecified atom stereocenters. The van der Waals surface area contributed by atoms with Crippen molar-refractivity contribution in [2.45, 2.75) is 26.9 Å². The molecule has 5 rings (SSSR count). The van der Waals surface area contributed by atoms with E-state index in [1.807, 2.05) is 19.1 Å². The Bertz CT molecular complexity index is 1550. The molecule has 0 bridgehead atoms. The van der Waals surface area contributed by atoms with Gasteiger partial charge in [0.25, 0.3) is 5.91 Å². The Hall–Kier alpha value is -4.02. The van der Waals surface area contributed by atoms with E-state index in [9.17, 15) is 19.2 Å². The lowest BCUT2D eigenvalue weighted by atomic mass is 9.92. The molecule has 2 aliphatic heterocycles. The number of esters is 1.